The number of aromatic nitrogens is 3. The molecule has 1 aliphatic heterocycles. The van der Waals surface area contributed by atoms with Crippen molar-refractivity contribution >= 4 is 11.8 Å². The van der Waals surface area contributed by atoms with Crippen molar-refractivity contribution in [1.29, 1.82) is 0 Å². The zero-order valence-electron chi connectivity index (χ0n) is 12.4. The summed E-state index contributed by atoms with van der Waals surface area (Å²) in [5.41, 5.74) is 5.68. The van der Waals surface area contributed by atoms with E-state index in [2.05, 4.69) is 15.6 Å². The molecule has 0 bridgehead atoms. The summed E-state index contributed by atoms with van der Waals surface area (Å²) in [6.07, 6.45) is 4.04. The second kappa shape index (κ2) is 6.17. The third-order valence-corrected chi connectivity index (χ3v) is 3.99. The quantitative estimate of drug-likeness (QED) is 0.826. The molecule has 2 aromatic rings. The van der Waals surface area contributed by atoms with E-state index in [0.717, 1.165) is 5.69 Å². The summed E-state index contributed by atoms with van der Waals surface area (Å²) >= 11 is 0. The first-order valence-electron chi connectivity index (χ1n) is 7.28. The first kappa shape index (κ1) is 15.2. The average molecular weight is 315 g/mol. The van der Waals surface area contributed by atoms with Gasteiger partial charge in [0.1, 0.15) is 5.54 Å². The van der Waals surface area contributed by atoms with Crippen LogP contribution in [0.5, 0.6) is 0 Å². The van der Waals surface area contributed by atoms with Crippen LogP contribution in [0.4, 0.5) is 0 Å². The van der Waals surface area contributed by atoms with Gasteiger partial charge < -0.3 is 15.8 Å². The van der Waals surface area contributed by atoms with Gasteiger partial charge in [0.2, 0.25) is 5.91 Å². The summed E-state index contributed by atoms with van der Waals surface area (Å²) in [6, 6.07) is 6.84. The van der Waals surface area contributed by atoms with E-state index in [-0.39, 0.29) is 5.91 Å². The fourth-order valence-electron chi connectivity index (χ4n) is 2.55. The summed E-state index contributed by atoms with van der Waals surface area (Å²) in [7, 11) is 0. The number of rotatable bonds is 4. The summed E-state index contributed by atoms with van der Waals surface area (Å²) in [6.45, 7) is 0.795. The zero-order chi connectivity index (χ0) is 16.3. The topological polar surface area (TPSA) is 112 Å². The molecule has 1 saturated heterocycles. The Morgan fingerprint density at radius 3 is 2.48 bits per heavy atom. The number of carbonyl (C=O) groups excluding carboxylic acids is 2. The number of nitrogens with zero attached hydrogens (tertiary/aromatic N) is 3. The molecule has 1 aromatic heterocycles. The Kier molecular flexibility index (Phi) is 4.07. The maximum Gasteiger partial charge on any atom is 0.252 e. The molecule has 2 heterocycles. The highest BCUT2D eigenvalue weighted by Gasteiger charge is 2.39. The van der Waals surface area contributed by atoms with E-state index in [1.54, 1.807) is 41.3 Å². The van der Waals surface area contributed by atoms with Crippen molar-refractivity contribution in [2.45, 2.75) is 18.4 Å². The number of nitrogens with two attached hydrogens (primary N) is 1. The largest absolute Gasteiger partial charge is 0.381 e. The van der Waals surface area contributed by atoms with E-state index >= 15 is 0 Å². The van der Waals surface area contributed by atoms with E-state index in [9.17, 15) is 9.59 Å². The Hall–Kier alpha value is -2.74. The monoisotopic (exact) mass is 315 g/mol. The van der Waals surface area contributed by atoms with Crippen molar-refractivity contribution in [3.8, 4) is 5.69 Å². The molecular formula is C15H17N5O3. The normalized spacial score (nSPS) is 16.7. The molecule has 0 saturated carbocycles. The van der Waals surface area contributed by atoms with Crippen LogP contribution in [0.25, 0.3) is 5.69 Å². The van der Waals surface area contributed by atoms with Crippen molar-refractivity contribution in [2.75, 3.05) is 13.2 Å². The Morgan fingerprint density at radius 1 is 1.22 bits per heavy atom. The van der Waals surface area contributed by atoms with Crippen molar-refractivity contribution in [2.24, 2.45) is 5.73 Å². The second-order valence-electron chi connectivity index (χ2n) is 5.41. The number of primary amides is 1. The van der Waals surface area contributed by atoms with Gasteiger partial charge in [-0.25, -0.2) is 4.68 Å². The molecule has 0 unspecified atom stereocenters. The van der Waals surface area contributed by atoms with Gasteiger partial charge in [-0.2, -0.15) is 0 Å². The maximum atomic E-state index is 12.4. The smallest absolute Gasteiger partial charge is 0.252 e. The minimum absolute atomic E-state index is 0.337. The van der Waals surface area contributed by atoms with Crippen LogP contribution in [-0.2, 0) is 9.53 Å². The van der Waals surface area contributed by atoms with Crippen LogP contribution in [0, 0.1) is 0 Å². The predicted octanol–water partition coefficient (Wildman–Crippen LogP) is 0.0316. The highest BCUT2D eigenvalue weighted by molar-refractivity contribution is 5.99. The number of nitrogens with one attached hydrogen (secondary N) is 1. The van der Waals surface area contributed by atoms with Gasteiger partial charge >= 0.3 is 0 Å². The average Bonchev–Trinajstić information content (AvgIpc) is 3.10. The molecule has 8 heteroatoms. The molecule has 3 rings (SSSR count). The van der Waals surface area contributed by atoms with Crippen LogP contribution < -0.4 is 11.1 Å². The van der Waals surface area contributed by atoms with Gasteiger partial charge in [0.15, 0.2) is 0 Å². The first-order valence-corrected chi connectivity index (χ1v) is 7.28. The number of benzene rings is 1. The third kappa shape index (κ3) is 3.07. The van der Waals surface area contributed by atoms with Gasteiger partial charge in [-0.3, -0.25) is 9.59 Å². The minimum atomic E-state index is -1.04. The fourth-order valence-corrected chi connectivity index (χ4v) is 2.55. The van der Waals surface area contributed by atoms with Crippen LogP contribution in [0.3, 0.4) is 0 Å². The first-order chi connectivity index (χ1) is 11.1. The summed E-state index contributed by atoms with van der Waals surface area (Å²) in [5.74, 6) is -0.871. The zero-order valence-corrected chi connectivity index (χ0v) is 12.4. The van der Waals surface area contributed by atoms with Gasteiger partial charge in [0.25, 0.3) is 5.91 Å². The highest BCUT2D eigenvalue weighted by atomic mass is 16.5. The van der Waals surface area contributed by atoms with Gasteiger partial charge in [0, 0.05) is 31.6 Å². The molecule has 3 N–H and O–H groups in total. The highest BCUT2D eigenvalue weighted by Crippen LogP contribution is 2.21. The van der Waals surface area contributed by atoms with E-state index in [1.807, 2.05) is 0 Å². The van der Waals surface area contributed by atoms with Crippen molar-refractivity contribution < 1.29 is 14.3 Å². The standard InChI is InChI=1S/C15H17N5O3/c16-14(22)15(5-9-23-10-6-15)18-13(21)11-1-3-12(4-2-11)20-8-7-17-19-20/h1-4,7-8H,5-6,9-10H2,(H2,16,22)(H,18,21). The number of hydrogen-bond acceptors (Lipinski definition) is 5. The van der Waals surface area contributed by atoms with E-state index in [4.69, 9.17) is 10.5 Å². The fraction of sp³-hybridized carbons (Fsp3) is 0.333. The van der Waals surface area contributed by atoms with E-state index < -0.39 is 11.4 Å². The minimum Gasteiger partial charge on any atom is -0.381 e. The van der Waals surface area contributed by atoms with Crippen LogP contribution in [0.15, 0.2) is 36.7 Å². The molecule has 0 atom stereocenters. The lowest BCUT2D eigenvalue weighted by Gasteiger charge is -2.34. The maximum absolute atomic E-state index is 12.4. The molecular weight excluding hydrogens is 298 g/mol. The number of hydrogen-bond donors (Lipinski definition) is 2. The van der Waals surface area contributed by atoms with Crippen LogP contribution in [0.2, 0.25) is 0 Å². The summed E-state index contributed by atoms with van der Waals surface area (Å²) in [4.78, 5) is 24.2. The Morgan fingerprint density at radius 2 is 1.91 bits per heavy atom. The van der Waals surface area contributed by atoms with Crippen molar-refractivity contribution in [1.82, 2.24) is 20.3 Å². The summed E-state index contributed by atoms with van der Waals surface area (Å²) < 4.78 is 6.83. The van der Waals surface area contributed by atoms with Gasteiger partial charge in [-0.15, -0.1) is 5.10 Å². The van der Waals surface area contributed by atoms with Gasteiger partial charge in [-0.1, -0.05) is 5.21 Å². The Balaban J connectivity index is 1.76. The molecule has 1 aromatic carbocycles. The Labute approximate surface area is 132 Å². The lowest BCUT2D eigenvalue weighted by atomic mass is 9.89. The molecule has 23 heavy (non-hydrogen) atoms. The lowest BCUT2D eigenvalue weighted by Crippen LogP contribution is -2.60. The van der Waals surface area contributed by atoms with Crippen LogP contribution >= 0.6 is 0 Å². The summed E-state index contributed by atoms with van der Waals surface area (Å²) in [5, 5.41) is 10.4. The molecule has 1 fully saturated rings. The molecule has 8 nitrogen and oxygen atoms in total. The number of carbonyl (C=O) groups is 2. The SMILES string of the molecule is NC(=O)C1(NC(=O)c2ccc(-n3ccnn3)cc2)CCOCC1. The van der Waals surface area contributed by atoms with Gasteiger partial charge in [-0.05, 0) is 24.3 Å². The van der Waals surface area contributed by atoms with Gasteiger partial charge in [0.05, 0.1) is 18.1 Å². The Bertz CT molecular complexity index is 690. The van der Waals surface area contributed by atoms with Crippen LogP contribution in [0.1, 0.15) is 23.2 Å². The molecule has 2 amide bonds. The van der Waals surface area contributed by atoms with E-state index in [0.29, 0.717) is 31.6 Å². The van der Waals surface area contributed by atoms with E-state index in [1.165, 1.54) is 0 Å². The molecule has 0 aliphatic carbocycles. The molecule has 0 radical (unpaired) electrons. The van der Waals surface area contributed by atoms with Crippen molar-refractivity contribution in [3.05, 3.63) is 42.2 Å². The van der Waals surface area contributed by atoms with Crippen LogP contribution in [-0.4, -0.2) is 45.6 Å². The lowest BCUT2D eigenvalue weighted by molar-refractivity contribution is -0.127. The van der Waals surface area contributed by atoms with Crippen molar-refractivity contribution in [3.63, 3.8) is 0 Å². The molecule has 1 aliphatic rings. The number of amides is 2. The predicted molar refractivity (Wildman–Crippen MR) is 80.8 cm³/mol. The molecule has 120 valence electrons. The third-order valence-electron chi connectivity index (χ3n) is 3.99. The second-order valence-corrected chi connectivity index (χ2v) is 5.41. The molecule has 0 spiro atoms. The number of ether oxygens (including phenoxy) is 1.